The second-order valence-corrected chi connectivity index (χ2v) is 7.18. The lowest BCUT2D eigenvalue weighted by atomic mass is 9.94. The highest BCUT2D eigenvalue weighted by Crippen LogP contribution is 2.40. The molecule has 1 N–H and O–H groups in total. The third-order valence-electron chi connectivity index (χ3n) is 5.22. The smallest absolute Gasteiger partial charge is 0.239 e. The van der Waals surface area contributed by atoms with E-state index in [2.05, 4.69) is 32.4 Å². The Morgan fingerprint density at radius 2 is 1.63 bits per heavy atom. The van der Waals surface area contributed by atoms with Crippen LogP contribution in [0.15, 0.2) is 105 Å². The highest BCUT2D eigenvalue weighted by atomic mass is 16.3. The van der Waals surface area contributed by atoms with Crippen LogP contribution >= 0.6 is 0 Å². The largest absolute Gasteiger partial charge is 0.493 e. The van der Waals surface area contributed by atoms with E-state index in [0.717, 1.165) is 11.3 Å². The minimum atomic E-state index is -0.733. The standard InChI is InChI=1S/C23H20N6O/c30-23-21(27-26-17-11-5-2-6-12-17)22-25-19(18-13-7-8-14-24-18)15-20(29(22)28-23)16-9-3-1-4-10-16/h1-14,19-21H,15H2,(H,28,30). The van der Waals surface area contributed by atoms with Crippen LogP contribution in [0.1, 0.15) is 29.8 Å². The molecule has 0 amide bonds. The molecule has 2 aromatic carbocycles. The number of aliphatic imine (C=N–C) groups is 1. The molecule has 148 valence electrons. The molecule has 3 unspecified atom stereocenters. The number of azo groups is 1. The van der Waals surface area contributed by atoms with E-state index in [9.17, 15) is 5.11 Å². The molecule has 3 heterocycles. The number of hydrogen-bond acceptors (Lipinski definition) is 6. The lowest BCUT2D eigenvalue weighted by molar-refractivity contribution is 0.273. The summed E-state index contributed by atoms with van der Waals surface area (Å²) in [6.07, 6.45) is 2.47. The Kier molecular flexibility index (Phi) is 4.77. The average Bonchev–Trinajstić information content (AvgIpc) is 3.13. The molecule has 2 aliphatic rings. The van der Waals surface area contributed by atoms with Gasteiger partial charge in [0.25, 0.3) is 0 Å². The SMILES string of the molecule is OC1=NN2C(=NC(c3ccccn3)CC2c2ccccc2)C1N=Nc1ccccc1. The number of hydrazone groups is 1. The summed E-state index contributed by atoms with van der Waals surface area (Å²) in [5.41, 5.74) is 2.69. The van der Waals surface area contributed by atoms with E-state index in [0.29, 0.717) is 17.9 Å². The number of hydrogen-bond donors (Lipinski definition) is 1. The normalized spacial score (nSPS) is 23.2. The summed E-state index contributed by atoms with van der Waals surface area (Å²) in [7, 11) is 0. The number of benzene rings is 2. The van der Waals surface area contributed by atoms with Gasteiger partial charge in [-0.2, -0.15) is 10.2 Å². The molecule has 3 atom stereocenters. The fourth-order valence-corrected chi connectivity index (χ4v) is 3.77. The highest BCUT2D eigenvalue weighted by Gasteiger charge is 2.43. The number of fused-ring (bicyclic) bond motifs is 1. The molecule has 0 spiro atoms. The van der Waals surface area contributed by atoms with Crippen molar-refractivity contribution in [1.29, 1.82) is 0 Å². The molecule has 0 bridgehead atoms. The van der Waals surface area contributed by atoms with Crippen molar-refractivity contribution in [3.05, 3.63) is 96.3 Å². The molecule has 0 aliphatic carbocycles. The summed E-state index contributed by atoms with van der Waals surface area (Å²) in [6.45, 7) is 0. The Hall–Kier alpha value is -3.87. The quantitative estimate of drug-likeness (QED) is 0.629. The molecule has 0 saturated carbocycles. The van der Waals surface area contributed by atoms with Crippen LogP contribution in [0.25, 0.3) is 0 Å². The van der Waals surface area contributed by atoms with Crippen LogP contribution in [0, 0.1) is 0 Å². The van der Waals surface area contributed by atoms with Gasteiger partial charge in [0.2, 0.25) is 11.9 Å². The third-order valence-corrected chi connectivity index (χ3v) is 5.22. The van der Waals surface area contributed by atoms with E-state index < -0.39 is 6.04 Å². The van der Waals surface area contributed by atoms with Crippen molar-refractivity contribution in [1.82, 2.24) is 9.99 Å². The summed E-state index contributed by atoms with van der Waals surface area (Å²) >= 11 is 0. The maximum Gasteiger partial charge on any atom is 0.239 e. The van der Waals surface area contributed by atoms with Gasteiger partial charge in [-0.1, -0.05) is 54.6 Å². The Morgan fingerprint density at radius 1 is 0.900 bits per heavy atom. The molecule has 3 aromatic rings. The number of aliphatic hydroxyl groups is 1. The van der Waals surface area contributed by atoms with Crippen LogP contribution in [0.5, 0.6) is 0 Å². The molecule has 0 fully saturated rings. The van der Waals surface area contributed by atoms with Gasteiger partial charge >= 0.3 is 0 Å². The molecular weight excluding hydrogens is 376 g/mol. The minimum absolute atomic E-state index is 0.0789. The zero-order valence-electron chi connectivity index (χ0n) is 16.2. The summed E-state index contributed by atoms with van der Waals surface area (Å²) in [5.74, 6) is 0.485. The van der Waals surface area contributed by atoms with E-state index in [-0.39, 0.29) is 18.0 Å². The summed E-state index contributed by atoms with van der Waals surface area (Å²) < 4.78 is 0. The first-order chi connectivity index (χ1) is 14.8. The van der Waals surface area contributed by atoms with Gasteiger partial charge in [-0.05, 0) is 29.8 Å². The monoisotopic (exact) mass is 396 g/mol. The maximum absolute atomic E-state index is 10.6. The van der Waals surface area contributed by atoms with Crippen molar-refractivity contribution in [3.8, 4) is 0 Å². The van der Waals surface area contributed by atoms with Crippen LogP contribution in [0.3, 0.4) is 0 Å². The van der Waals surface area contributed by atoms with Gasteiger partial charge < -0.3 is 5.11 Å². The van der Waals surface area contributed by atoms with Crippen molar-refractivity contribution in [3.63, 3.8) is 0 Å². The first-order valence-corrected chi connectivity index (χ1v) is 9.86. The van der Waals surface area contributed by atoms with Crippen LogP contribution in [-0.4, -0.2) is 32.9 Å². The minimum Gasteiger partial charge on any atom is -0.493 e. The van der Waals surface area contributed by atoms with Gasteiger partial charge in [0.1, 0.15) is 0 Å². The molecular formula is C23H20N6O. The Labute approximate surface area is 174 Å². The Morgan fingerprint density at radius 3 is 2.37 bits per heavy atom. The van der Waals surface area contributed by atoms with Crippen LogP contribution < -0.4 is 0 Å². The van der Waals surface area contributed by atoms with Crippen LogP contribution in [0.4, 0.5) is 5.69 Å². The zero-order valence-corrected chi connectivity index (χ0v) is 16.2. The summed E-state index contributed by atoms with van der Waals surface area (Å²) in [6, 6.07) is 24.4. The van der Waals surface area contributed by atoms with E-state index in [1.165, 1.54) is 0 Å². The molecule has 7 nitrogen and oxygen atoms in total. The Balaban J connectivity index is 1.54. The molecule has 30 heavy (non-hydrogen) atoms. The molecule has 0 saturated heterocycles. The predicted octanol–water partition coefficient (Wildman–Crippen LogP) is 5.01. The number of rotatable bonds is 4. The number of pyridine rings is 1. The summed E-state index contributed by atoms with van der Waals surface area (Å²) in [4.78, 5) is 9.39. The zero-order chi connectivity index (χ0) is 20.3. The van der Waals surface area contributed by atoms with Crippen LogP contribution in [0.2, 0.25) is 0 Å². The first kappa shape index (κ1) is 18.2. The first-order valence-electron chi connectivity index (χ1n) is 9.86. The van der Waals surface area contributed by atoms with Crippen molar-refractivity contribution >= 4 is 17.4 Å². The number of amidine groups is 1. The molecule has 5 rings (SSSR count). The average molecular weight is 396 g/mol. The lowest BCUT2D eigenvalue weighted by Crippen LogP contribution is -2.38. The van der Waals surface area contributed by atoms with Gasteiger partial charge in [0, 0.05) is 12.6 Å². The number of nitrogens with zero attached hydrogens (tertiary/aromatic N) is 6. The van der Waals surface area contributed by atoms with Gasteiger partial charge in [-0.25, -0.2) is 5.01 Å². The van der Waals surface area contributed by atoms with Crippen molar-refractivity contribution in [2.24, 2.45) is 20.3 Å². The topological polar surface area (TPSA) is 85.8 Å². The van der Waals surface area contributed by atoms with Gasteiger partial charge in [-0.3, -0.25) is 9.98 Å². The van der Waals surface area contributed by atoms with Crippen molar-refractivity contribution in [2.75, 3.05) is 0 Å². The molecule has 7 heteroatoms. The highest BCUT2D eigenvalue weighted by molar-refractivity contribution is 6.10. The fraction of sp³-hybridized carbons (Fsp3) is 0.174. The third kappa shape index (κ3) is 3.45. The maximum atomic E-state index is 10.6. The second kappa shape index (κ2) is 7.87. The van der Waals surface area contributed by atoms with Crippen LogP contribution in [-0.2, 0) is 0 Å². The molecule has 0 radical (unpaired) electrons. The van der Waals surface area contributed by atoms with Crippen molar-refractivity contribution < 1.29 is 5.11 Å². The van der Waals surface area contributed by atoms with Gasteiger partial charge in [0.05, 0.1) is 23.5 Å². The fourth-order valence-electron chi connectivity index (χ4n) is 3.77. The predicted molar refractivity (Wildman–Crippen MR) is 115 cm³/mol. The van der Waals surface area contributed by atoms with E-state index in [1.807, 2.05) is 66.7 Å². The number of aliphatic hydroxyl groups excluding tert-OH is 1. The van der Waals surface area contributed by atoms with E-state index in [1.54, 1.807) is 11.2 Å². The van der Waals surface area contributed by atoms with Gasteiger partial charge in [0.15, 0.2) is 5.84 Å². The van der Waals surface area contributed by atoms with Gasteiger partial charge in [-0.15, -0.1) is 5.10 Å². The second-order valence-electron chi connectivity index (χ2n) is 7.18. The number of aromatic nitrogens is 1. The van der Waals surface area contributed by atoms with Crippen molar-refractivity contribution in [2.45, 2.75) is 24.5 Å². The molecule has 1 aromatic heterocycles. The molecule has 2 aliphatic heterocycles. The van der Waals surface area contributed by atoms with E-state index in [4.69, 9.17) is 4.99 Å². The van der Waals surface area contributed by atoms with E-state index >= 15 is 0 Å². The summed E-state index contributed by atoms with van der Waals surface area (Å²) in [5, 5.41) is 25.4. The lowest BCUT2D eigenvalue weighted by Gasteiger charge is -2.34. The Bertz CT molecular complexity index is 1100.